The van der Waals surface area contributed by atoms with Crippen LogP contribution in [0.1, 0.15) is 18.6 Å². The number of ether oxygens (including phenoxy) is 1. The number of imidazole rings is 1. The van der Waals surface area contributed by atoms with E-state index in [1.54, 1.807) is 0 Å². The van der Waals surface area contributed by atoms with Crippen molar-refractivity contribution in [3.63, 3.8) is 0 Å². The molecular weight excluding hydrogens is 278 g/mol. The van der Waals surface area contributed by atoms with Gasteiger partial charge in [0.2, 0.25) is 0 Å². The van der Waals surface area contributed by atoms with Gasteiger partial charge >= 0.3 is 0 Å². The van der Waals surface area contributed by atoms with E-state index in [1.807, 2.05) is 37.4 Å². The quantitative estimate of drug-likeness (QED) is 0.743. The predicted octanol–water partition coefficient (Wildman–Crippen LogP) is 3.43. The molecule has 0 unspecified atom stereocenters. The Hall–Kier alpha value is -2.14. The normalized spacial score (nSPS) is 16.4. The fourth-order valence-electron chi connectivity index (χ4n) is 3.06. The predicted molar refractivity (Wildman–Crippen MR) is 83.5 cm³/mol. The van der Waals surface area contributed by atoms with Crippen LogP contribution in [0.5, 0.6) is 0 Å². The van der Waals surface area contributed by atoms with E-state index < -0.39 is 0 Å². The summed E-state index contributed by atoms with van der Waals surface area (Å²) in [6.07, 6.45) is 3.99. The second kappa shape index (κ2) is 5.57. The molecule has 1 aliphatic heterocycles. The average molecular weight is 297 g/mol. The summed E-state index contributed by atoms with van der Waals surface area (Å²) in [5, 5.41) is 0. The van der Waals surface area contributed by atoms with Gasteiger partial charge in [-0.2, -0.15) is 0 Å². The molecule has 22 heavy (non-hydrogen) atoms. The van der Waals surface area contributed by atoms with Gasteiger partial charge < -0.3 is 13.7 Å². The highest BCUT2D eigenvalue weighted by molar-refractivity contribution is 5.75. The minimum absolute atomic E-state index is 0.600. The molecule has 114 valence electrons. The number of aromatic nitrogens is 3. The van der Waals surface area contributed by atoms with Crippen LogP contribution in [0, 0.1) is 12.8 Å². The Labute approximate surface area is 128 Å². The molecule has 1 saturated heterocycles. The van der Waals surface area contributed by atoms with E-state index in [1.165, 1.54) is 0 Å². The van der Waals surface area contributed by atoms with Gasteiger partial charge in [0.15, 0.2) is 17.2 Å². The van der Waals surface area contributed by atoms with Gasteiger partial charge in [0.1, 0.15) is 11.3 Å². The van der Waals surface area contributed by atoms with E-state index in [0.717, 1.165) is 61.1 Å². The van der Waals surface area contributed by atoms with Crippen LogP contribution in [0.25, 0.3) is 22.7 Å². The molecule has 0 spiro atoms. The van der Waals surface area contributed by atoms with Crippen molar-refractivity contribution in [2.24, 2.45) is 5.92 Å². The number of fused-ring (bicyclic) bond motifs is 1. The summed E-state index contributed by atoms with van der Waals surface area (Å²) in [6, 6.07) is 7.88. The highest BCUT2D eigenvalue weighted by atomic mass is 16.5. The average Bonchev–Trinajstić information content (AvgIpc) is 3.13. The number of pyridine rings is 1. The Morgan fingerprint density at radius 2 is 2.09 bits per heavy atom. The van der Waals surface area contributed by atoms with Crippen LogP contribution in [0.4, 0.5) is 0 Å². The Kier molecular flexibility index (Phi) is 3.42. The van der Waals surface area contributed by atoms with Gasteiger partial charge in [0.05, 0.1) is 0 Å². The number of hydrogen-bond donors (Lipinski definition) is 0. The number of nitrogens with zero attached hydrogens (tertiary/aromatic N) is 3. The lowest BCUT2D eigenvalue weighted by Crippen LogP contribution is -2.20. The first-order valence-electron chi connectivity index (χ1n) is 7.77. The topological polar surface area (TPSA) is 53.1 Å². The summed E-state index contributed by atoms with van der Waals surface area (Å²) in [5.74, 6) is 3.17. The van der Waals surface area contributed by atoms with Crippen LogP contribution in [0.15, 0.2) is 34.9 Å². The molecule has 1 fully saturated rings. The third kappa shape index (κ3) is 2.41. The summed E-state index contributed by atoms with van der Waals surface area (Å²) < 4.78 is 13.5. The third-order valence-electron chi connectivity index (χ3n) is 4.25. The van der Waals surface area contributed by atoms with E-state index in [4.69, 9.17) is 14.1 Å². The maximum Gasteiger partial charge on any atom is 0.178 e. The monoisotopic (exact) mass is 297 g/mol. The van der Waals surface area contributed by atoms with Crippen LogP contribution < -0.4 is 0 Å². The number of furan rings is 1. The van der Waals surface area contributed by atoms with Crippen molar-refractivity contribution in [2.45, 2.75) is 26.3 Å². The first-order chi connectivity index (χ1) is 10.8. The lowest BCUT2D eigenvalue weighted by atomic mass is 10.0. The zero-order valence-electron chi connectivity index (χ0n) is 12.7. The molecule has 0 amide bonds. The van der Waals surface area contributed by atoms with Crippen molar-refractivity contribution >= 4 is 11.2 Å². The van der Waals surface area contributed by atoms with Crippen LogP contribution in [-0.4, -0.2) is 27.7 Å². The first kappa shape index (κ1) is 13.5. The van der Waals surface area contributed by atoms with Gasteiger partial charge in [-0.15, -0.1) is 0 Å². The molecule has 0 saturated carbocycles. The lowest BCUT2D eigenvalue weighted by Gasteiger charge is -2.23. The van der Waals surface area contributed by atoms with Gasteiger partial charge in [0.25, 0.3) is 0 Å². The number of hydrogen-bond acceptors (Lipinski definition) is 4. The van der Waals surface area contributed by atoms with Crippen LogP contribution in [0.2, 0.25) is 0 Å². The number of aryl methyl sites for hydroxylation is 1. The fraction of sp³-hybridized carbons (Fsp3) is 0.412. The van der Waals surface area contributed by atoms with Crippen molar-refractivity contribution < 1.29 is 9.15 Å². The minimum atomic E-state index is 0.600. The zero-order valence-corrected chi connectivity index (χ0v) is 12.7. The molecule has 0 atom stereocenters. The molecule has 0 bridgehead atoms. The molecule has 0 N–H and O–H groups in total. The highest BCUT2D eigenvalue weighted by Crippen LogP contribution is 2.28. The van der Waals surface area contributed by atoms with Crippen LogP contribution in [0.3, 0.4) is 0 Å². The van der Waals surface area contributed by atoms with E-state index >= 15 is 0 Å². The van der Waals surface area contributed by atoms with Gasteiger partial charge in [-0.25, -0.2) is 9.97 Å². The summed E-state index contributed by atoms with van der Waals surface area (Å²) in [5.41, 5.74) is 1.84. The highest BCUT2D eigenvalue weighted by Gasteiger charge is 2.21. The van der Waals surface area contributed by atoms with E-state index in [2.05, 4.69) is 9.55 Å². The summed E-state index contributed by atoms with van der Waals surface area (Å²) in [7, 11) is 0. The SMILES string of the molecule is Cc1ccc(-c2nc3cccnc3n2CC2CCOCC2)o1. The van der Waals surface area contributed by atoms with E-state index in [9.17, 15) is 0 Å². The molecule has 0 aromatic carbocycles. The molecule has 3 aromatic rings. The summed E-state index contributed by atoms with van der Waals surface area (Å²) in [6.45, 7) is 4.55. The van der Waals surface area contributed by atoms with Crippen LogP contribution >= 0.6 is 0 Å². The minimum Gasteiger partial charge on any atom is -0.458 e. The molecule has 5 heteroatoms. The Bertz CT molecular complexity index is 784. The standard InChI is InChI=1S/C17H19N3O2/c1-12-4-5-15(22-12)17-19-14-3-2-8-18-16(14)20(17)11-13-6-9-21-10-7-13/h2-5,8,13H,6-7,9-11H2,1H3. The van der Waals surface area contributed by atoms with Crippen molar-refractivity contribution in [1.82, 2.24) is 14.5 Å². The van der Waals surface area contributed by atoms with Crippen molar-refractivity contribution in [3.8, 4) is 11.6 Å². The second-order valence-electron chi connectivity index (χ2n) is 5.86. The molecule has 0 aliphatic carbocycles. The van der Waals surface area contributed by atoms with Gasteiger partial charge in [-0.3, -0.25) is 0 Å². The first-order valence-corrected chi connectivity index (χ1v) is 7.77. The number of rotatable bonds is 3. The summed E-state index contributed by atoms with van der Waals surface area (Å²) >= 11 is 0. The fourth-order valence-corrected chi connectivity index (χ4v) is 3.06. The smallest absolute Gasteiger partial charge is 0.178 e. The Morgan fingerprint density at radius 1 is 1.23 bits per heavy atom. The maximum atomic E-state index is 5.79. The maximum absolute atomic E-state index is 5.79. The van der Waals surface area contributed by atoms with E-state index in [0.29, 0.717) is 5.92 Å². The molecule has 5 nitrogen and oxygen atoms in total. The van der Waals surface area contributed by atoms with Crippen molar-refractivity contribution in [2.75, 3.05) is 13.2 Å². The second-order valence-corrected chi connectivity index (χ2v) is 5.86. The Balaban J connectivity index is 1.79. The lowest BCUT2D eigenvalue weighted by molar-refractivity contribution is 0.0616. The van der Waals surface area contributed by atoms with Gasteiger partial charge in [-0.1, -0.05) is 0 Å². The van der Waals surface area contributed by atoms with Crippen LogP contribution in [-0.2, 0) is 11.3 Å². The molecule has 3 aromatic heterocycles. The largest absolute Gasteiger partial charge is 0.458 e. The van der Waals surface area contributed by atoms with Gasteiger partial charge in [-0.05, 0) is 49.9 Å². The zero-order chi connectivity index (χ0) is 14.9. The van der Waals surface area contributed by atoms with Gasteiger partial charge in [0, 0.05) is 26.0 Å². The molecule has 4 rings (SSSR count). The van der Waals surface area contributed by atoms with Crippen molar-refractivity contribution in [1.29, 1.82) is 0 Å². The van der Waals surface area contributed by atoms with Crippen molar-refractivity contribution in [3.05, 3.63) is 36.2 Å². The summed E-state index contributed by atoms with van der Waals surface area (Å²) in [4.78, 5) is 9.26. The molecular formula is C17H19N3O2. The van der Waals surface area contributed by atoms with E-state index in [-0.39, 0.29) is 0 Å². The molecule has 0 radical (unpaired) electrons. The Morgan fingerprint density at radius 3 is 2.86 bits per heavy atom. The molecule has 4 heterocycles. The molecule has 1 aliphatic rings. The third-order valence-corrected chi connectivity index (χ3v) is 4.25.